The minimum absolute atomic E-state index is 0.0199. The van der Waals surface area contributed by atoms with Gasteiger partial charge in [0.1, 0.15) is 43.5 Å². The summed E-state index contributed by atoms with van der Waals surface area (Å²) in [6.07, 6.45) is 1.68. The van der Waals surface area contributed by atoms with E-state index in [-0.39, 0.29) is 25.3 Å². The van der Waals surface area contributed by atoms with Crippen molar-refractivity contribution in [1.29, 1.82) is 5.26 Å². The van der Waals surface area contributed by atoms with Crippen molar-refractivity contribution in [3.63, 3.8) is 0 Å². The van der Waals surface area contributed by atoms with E-state index in [0.29, 0.717) is 58.6 Å². The number of nitrogens with zero attached hydrogens (tertiary/aromatic N) is 2. The van der Waals surface area contributed by atoms with Crippen LogP contribution in [0.2, 0.25) is 0 Å². The lowest BCUT2D eigenvalue weighted by molar-refractivity contribution is -0.145. The molecule has 3 N–H and O–H groups in total. The highest BCUT2D eigenvalue weighted by Crippen LogP contribution is 2.32. The fraction of sp³-hybridized carbons (Fsp3) is 0.265. The molecular formula is C34H33N3O8. The molecule has 4 aromatic rings. The van der Waals surface area contributed by atoms with Gasteiger partial charge in [0.05, 0.1) is 29.5 Å². The first-order valence-corrected chi connectivity index (χ1v) is 14.3. The van der Waals surface area contributed by atoms with E-state index >= 15 is 0 Å². The molecule has 11 nitrogen and oxygen atoms in total. The van der Waals surface area contributed by atoms with E-state index in [1.165, 1.54) is 11.5 Å². The molecule has 232 valence electrons. The average molecular weight is 612 g/mol. The number of aromatic nitrogens is 1. The van der Waals surface area contributed by atoms with E-state index in [4.69, 9.17) is 18.9 Å². The van der Waals surface area contributed by atoms with Gasteiger partial charge in [-0.2, -0.15) is 5.26 Å². The van der Waals surface area contributed by atoms with E-state index in [1.54, 1.807) is 60.8 Å². The third-order valence-electron chi connectivity index (χ3n) is 7.48. The summed E-state index contributed by atoms with van der Waals surface area (Å²) >= 11 is 0. The number of aliphatic hydroxyl groups is 1. The number of aliphatic carboxylic acids is 1. The maximum absolute atomic E-state index is 13.4. The first kappa shape index (κ1) is 31.1. The number of carbonyl (C=O) groups is 1. The zero-order valence-corrected chi connectivity index (χ0v) is 24.9. The molecule has 0 saturated carbocycles. The van der Waals surface area contributed by atoms with E-state index in [2.05, 4.69) is 11.4 Å². The average Bonchev–Trinajstić information content (AvgIpc) is 3.06. The monoisotopic (exact) mass is 611 g/mol. The van der Waals surface area contributed by atoms with Gasteiger partial charge in [-0.3, -0.25) is 19.5 Å². The molecule has 0 aliphatic carbocycles. The normalized spacial score (nSPS) is 13.4. The van der Waals surface area contributed by atoms with Crippen molar-refractivity contribution >= 4 is 5.97 Å². The topological polar surface area (TPSA) is 152 Å². The van der Waals surface area contributed by atoms with E-state index in [0.717, 1.165) is 11.1 Å². The number of ether oxygens (including phenoxy) is 4. The Labute approximate surface area is 259 Å². The highest BCUT2D eigenvalue weighted by Gasteiger charge is 2.32. The zero-order chi connectivity index (χ0) is 32.0. The summed E-state index contributed by atoms with van der Waals surface area (Å²) in [7, 11) is 0. The molecule has 3 aromatic carbocycles. The molecule has 1 atom stereocenters. The number of carboxylic acid groups (broad SMARTS) is 1. The molecule has 5 rings (SSSR count). The van der Waals surface area contributed by atoms with Crippen LogP contribution >= 0.6 is 0 Å². The molecule has 1 aromatic heterocycles. The summed E-state index contributed by atoms with van der Waals surface area (Å²) in [6.45, 7) is 3.73. The highest BCUT2D eigenvalue weighted by molar-refractivity contribution is 5.78. The number of hydrogen-bond acceptors (Lipinski definition) is 9. The quantitative estimate of drug-likeness (QED) is 0.215. The number of nitriles is 1. The van der Waals surface area contributed by atoms with Crippen LogP contribution in [-0.4, -0.2) is 46.1 Å². The maximum atomic E-state index is 13.4. The fourth-order valence-corrected chi connectivity index (χ4v) is 4.73. The smallest absolute Gasteiger partial charge is 0.326 e. The van der Waals surface area contributed by atoms with Crippen LogP contribution in [-0.2, 0) is 24.6 Å². The van der Waals surface area contributed by atoms with Crippen LogP contribution in [0.15, 0.2) is 77.7 Å². The Morgan fingerprint density at radius 2 is 1.78 bits per heavy atom. The lowest BCUT2D eigenvalue weighted by Crippen LogP contribution is -2.52. The molecule has 1 aliphatic rings. The lowest BCUT2D eigenvalue weighted by atomic mass is 10.0. The third kappa shape index (κ3) is 7.09. The van der Waals surface area contributed by atoms with Crippen molar-refractivity contribution in [2.75, 3.05) is 19.8 Å². The van der Waals surface area contributed by atoms with E-state index in [1.807, 2.05) is 19.1 Å². The summed E-state index contributed by atoms with van der Waals surface area (Å²) in [5.41, 5.74) is 1.87. The Kier molecular flexibility index (Phi) is 9.37. The van der Waals surface area contributed by atoms with Crippen molar-refractivity contribution in [3.8, 4) is 34.8 Å². The summed E-state index contributed by atoms with van der Waals surface area (Å²) in [5, 5.41) is 31.4. The molecule has 0 fully saturated rings. The van der Waals surface area contributed by atoms with E-state index in [9.17, 15) is 25.1 Å². The summed E-state index contributed by atoms with van der Waals surface area (Å²) in [6, 6.07) is 21.4. The molecule has 1 aliphatic heterocycles. The molecule has 0 bridgehead atoms. The number of carboxylic acids is 1. The van der Waals surface area contributed by atoms with Gasteiger partial charge in [-0.15, -0.1) is 0 Å². The second-order valence-electron chi connectivity index (χ2n) is 10.8. The van der Waals surface area contributed by atoms with Crippen molar-refractivity contribution in [3.05, 3.63) is 111 Å². The summed E-state index contributed by atoms with van der Waals surface area (Å²) < 4.78 is 25.1. The van der Waals surface area contributed by atoms with Crippen LogP contribution < -0.4 is 29.8 Å². The van der Waals surface area contributed by atoms with Crippen LogP contribution in [0.1, 0.15) is 34.7 Å². The number of aryl methyl sites for hydroxylation is 1. The number of pyridine rings is 1. The predicted molar refractivity (Wildman–Crippen MR) is 164 cm³/mol. The number of nitrogens with one attached hydrogen (secondary N) is 1. The number of benzene rings is 3. The van der Waals surface area contributed by atoms with Gasteiger partial charge in [0.15, 0.2) is 11.5 Å². The second kappa shape index (κ2) is 13.5. The number of rotatable bonds is 12. The fourth-order valence-electron chi connectivity index (χ4n) is 4.73. The van der Waals surface area contributed by atoms with Crippen molar-refractivity contribution < 1.29 is 34.0 Å². The number of aliphatic hydroxyl groups excluding tert-OH is 1. The van der Waals surface area contributed by atoms with Crippen LogP contribution in [0, 0.1) is 18.3 Å². The van der Waals surface area contributed by atoms with Crippen molar-refractivity contribution in [1.82, 2.24) is 9.88 Å². The van der Waals surface area contributed by atoms with Crippen molar-refractivity contribution in [2.24, 2.45) is 0 Å². The van der Waals surface area contributed by atoms with Gasteiger partial charge in [-0.25, -0.2) is 0 Å². The minimum Gasteiger partial charge on any atom is -0.488 e. The molecule has 0 amide bonds. The minimum atomic E-state index is -1.56. The van der Waals surface area contributed by atoms with Crippen LogP contribution in [0.3, 0.4) is 0 Å². The van der Waals surface area contributed by atoms with Gasteiger partial charge in [0, 0.05) is 30.4 Å². The Balaban J connectivity index is 1.39. The first-order valence-electron chi connectivity index (χ1n) is 14.3. The van der Waals surface area contributed by atoms with Crippen LogP contribution in [0.25, 0.3) is 5.69 Å². The van der Waals surface area contributed by atoms with Crippen LogP contribution in [0.4, 0.5) is 0 Å². The Hall–Kier alpha value is -5.31. The van der Waals surface area contributed by atoms with Gasteiger partial charge in [-0.05, 0) is 67.4 Å². The second-order valence-corrected chi connectivity index (χ2v) is 10.8. The largest absolute Gasteiger partial charge is 0.488 e. The molecule has 1 unspecified atom stereocenters. The van der Waals surface area contributed by atoms with Gasteiger partial charge >= 0.3 is 5.97 Å². The summed E-state index contributed by atoms with van der Waals surface area (Å²) in [5.74, 6) is 0.898. The maximum Gasteiger partial charge on any atom is 0.326 e. The molecular weight excluding hydrogens is 578 g/mol. The third-order valence-corrected chi connectivity index (χ3v) is 7.48. The molecule has 0 spiro atoms. The van der Waals surface area contributed by atoms with Gasteiger partial charge in [-0.1, -0.05) is 12.1 Å². The molecule has 45 heavy (non-hydrogen) atoms. The molecule has 0 radical (unpaired) electrons. The van der Waals surface area contributed by atoms with Crippen molar-refractivity contribution in [2.45, 2.75) is 39.1 Å². The Morgan fingerprint density at radius 3 is 2.53 bits per heavy atom. The standard InChI is InChI=1S/C34H33N3O8/c1-22-13-26(18-36-34(2,21-38)33(40)41)30(44-19-24-6-3-5-23(14-24)17-35)16-29(22)45-20-25-7-4-10-37(32(25)39)27-8-9-28-31(15-27)43-12-11-42-28/h3-10,13-16,36,38H,11-12,18-21H2,1-2H3,(H,40,41). The molecule has 11 heteroatoms. The lowest BCUT2D eigenvalue weighted by Gasteiger charge is -2.25. The number of fused-ring (bicyclic) bond motifs is 1. The predicted octanol–water partition coefficient (Wildman–Crippen LogP) is 3.87. The molecule has 2 heterocycles. The molecule has 0 saturated heterocycles. The zero-order valence-electron chi connectivity index (χ0n) is 24.9. The first-order chi connectivity index (χ1) is 21.7. The Bertz CT molecular complexity index is 1810. The SMILES string of the molecule is Cc1cc(CNC(C)(CO)C(=O)O)c(OCc2cccc(C#N)c2)cc1OCc1cccn(-c2ccc3c(c2)OCCO3)c1=O. The Morgan fingerprint density at radius 1 is 1.00 bits per heavy atom. The number of hydrogen-bond donors (Lipinski definition) is 3. The van der Waals surface area contributed by atoms with E-state index < -0.39 is 18.1 Å². The summed E-state index contributed by atoms with van der Waals surface area (Å²) in [4.78, 5) is 25.2. The van der Waals surface area contributed by atoms with Gasteiger partial charge < -0.3 is 29.2 Å². The highest BCUT2D eigenvalue weighted by atomic mass is 16.6. The van der Waals surface area contributed by atoms with Gasteiger partial charge in [0.25, 0.3) is 5.56 Å². The van der Waals surface area contributed by atoms with Crippen LogP contribution in [0.5, 0.6) is 23.0 Å². The van der Waals surface area contributed by atoms with Gasteiger partial charge in [0.2, 0.25) is 0 Å².